The van der Waals surface area contributed by atoms with Crippen LogP contribution in [0.15, 0.2) is 78.9 Å². The minimum Gasteiger partial charge on any atom is -0.507 e. The van der Waals surface area contributed by atoms with E-state index in [2.05, 4.69) is 12.1 Å². The topological polar surface area (TPSA) is 65.0 Å². The van der Waals surface area contributed by atoms with Crippen molar-refractivity contribution >= 4 is 5.78 Å². The van der Waals surface area contributed by atoms with Gasteiger partial charge in [-0.1, -0.05) is 74.2 Å². The molecule has 1 N–H and O–H groups in total. The molecule has 0 spiro atoms. The molecule has 0 aromatic heterocycles. The molecule has 0 radical (unpaired) electrons. The number of phenolic OH excluding ortho intramolecular Hbond substituents is 1. The van der Waals surface area contributed by atoms with Gasteiger partial charge in [0.1, 0.15) is 23.7 Å². The molecule has 0 unspecified atom stereocenters. The fourth-order valence-electron chi connectivity index (χ4n) is 4.23. The van der Waals surface area contributed by atoms with Crippen molar-refractivity contribution in [2.24, 2.45) is 0 Å². The van der Waals surface area contributed by atoms with Gasteiger partial charge in [-0.2, -0.15) is 0 Å². The molecule has 0 aliphatic carbocycles. The lowest BCUT2D eigenvalue weighted by atomic mass is 10.0. The summed E-state index contributed by atoms with van der Waals surface area (Å²) in [7, 11) is 3.31. The van der Waals surface area contributed by atoms with Crippen molar-refractivity contribution in [3.05, 3.63) is 95.6 Å². The second-order valence-corrected chi connectivity index (χ2v) is 9.04. The minimum absolute atomic E-state index is 0.0618. The van der Waals surface area contributed by atoms with Crippen LogP contribution in [0.25, 0.3) is 0 Å². The summed E-state index contributed by atoms with van der Waals surface area (Å²) < 4.78 is 16.5. The van der Waals surface area contributed by atoms with Crippen molar-refractivity contribution in [2.75, 3.05) is 14.2 Å². The van der Waals surface area contributed by atoms with E-state index >= 15 is 0 Å². The summed E-state index contributed by atoms with van der Waals surface area (Å²) in [5.74, 6) is 1.64. The number of carbonyl (C=O) groups excluding carboxylic acids is 1. The summed E-state index contributed by atoms with van der Waals surface area (Å²) in [4.78, 5) is 12.8. The Bertz CT molecular complexity index is 1140. The largest absolute Gasteiger partial charge is 0.507 e. The van der Waals surface area contributed by atoms with Crippen molar-refractivity contribution in [2.45, 2.75) is 58.0 Å². The predicted octanol–water partition coefficient (Wildman–Crippen LogP) is 7.70. The third kappa shape index (κ3) is 9.02. The Balaban J connectivity index is 1.33. The average molecular weight is 503 g/mol. The first-order chi connectivity index (χ1) is 18.1. The number of aromatic hydroxyl groups is 1. The molecule has 0 aliphatic rings. The van der Waals surface area contributed by atoms with Gasteiger partial charge < -0.3 is 19.3 Å². The lowest BCUT2D eigenvalue weighted by Gasteiger charge is -2.11. The van der Waals surface area contributed by atoms with Gasteiger partial charge in [-0.05, 0) is 67.2 Å². The van der Waals surface area contributed by atoms with Gasteiger partial charge in [0.25, 0.3) is 0 Å². The summed E-state index contributed by atoms with van der Waals surface area (Å²) in [5, 5.41) is 10.3. The lowest BCUT2D eigenvalue weighted by molar-refractivity contribution is 0.103. The monoisotopic (exact) mass is 502 g/mol. The van der Waals surface area contributed by atoms with E-state index in [0.717, 1.165) is 49.2 Å². The van der Waals surface area contributed by atoms with Crippen LogP contribution in [0.2, 0.25) is 0 Å². The van der Waals surface area contributed by atoms with Gasteiger partial charge in [0, 0.05) is 0 Å². The number of benzene rings is 3. The van der Waals surface area contributed by atoms with Crippen molar-refractivity contribution in [3.8, 4) is 23.0 Å². The highest BCUT2D eigenvalue weighted by atomic mass is 16.5. The van der Waals surface area contributed by atoms with E-state index in [4.69, 9.17) is 14.2 Å². The maximum absolute atomic E-state index is 12.8. The maximum Gasteiger partial charge on any atom is 0.192 e. The highest BCUT2D eigenvalue weighted by Crippen LogP contribution is 2.30. The van der Waals surface area contributed by atoms with E-state index in [1.54, 1.807) is 32.4 Å². The fraction of sp³-hybridized carbons (Fsp3) is 0.344. The summed E-state index contributed by atoms with van der Waals surface area (Å²) in [6.07, 6.45) is 12.2. The first-order valence-corrected chi connectivity index (χ1v) is 13.0. The first-order valence-electron chi connectivity index (χ1n) is 13.0. The Morgan fingerprint density at radius 1 is 0.757 bits per heavy atom. The van der Waals surface area contributed by atoms with Crippen LogP contribution in [0, 0.1) is 0 Å². The number of phenols is 1. The Morgan fingerprint density at radius 2 is 1.49 bits per heavy atom. The highest BCUT2D eigenvalue weighted by Gasteiger charge is 2.15. The van der Waals surface area contributed by atoms with Crippen LogP contribution in [-0.2, 0) is 13.0 Å². The maximum atomic E-state index is 12.8. The van der Waals surface area contributed by atoms with E-state index < -0.39 is 0 Å². The van der Waals surface area contributed by atoms with E-state index in [9.17, 15) is 9.90 Å². The second kappa shape index (κ2) is 15.4. The molecule has 0 fully saturated rings. The first kappa shape index (κ1) is 27.9. The molecule has 3 aromatic carbocycles. The number of carbonyl (C=O) groups is 1. The molecule has 0 saturated heterocycles. The number of hydrogen-bond donors (Lipinski definition) is 1. The summed E-state index contributed by atoms with van der Waals surface area (Å²) in [6.45, 7) is 0.336. The number of ketones is 1. The zero-order valence-corrected chi connectivity index (χ0v) is 21.9. The summed E-state index contributed by atoms with van der Waals surface area (Å²) in [6, 6.07) is 20.8. The summed E-state index contributed by atoms with van der Waals surface area (Å²) >= 11 is 0. The quantitative estimate of drug-likeness (QED) is 0.123. The number of allylic oxidation sites excluding steroid dienone is 2. The van der Waals surface area contributed by atoms with Crippen LogP contribution in [0.4, 0.5) is 0 Å². The molecule has 0 saturated carbocycles. The number of ether oxygens (including phenoxy) is 3. The number of hydrogen-bond acceptors (Lipinski definition) is 5. The standard InChI is InChI=1S/C32H38O5/c1-35-29-22-21-25(23-31(29)36-2)15-10-7-5-3-4-6-8-13-18-27(33)32-28(34)19-14-20-30(32)37-24-26-16-11-9-12-17-26/h9,11-14,16-23,34H,3-8,10,15,24H2,1-2H3. The molecule has 0 bridgehead atoms. The molecule has 5 heteroatoms. The molecule has 5 nitrogen and oxygen atoms in total. The fourth-order valence-corrected chi connectivity index (χ4v) is 4.23. The van der Waals surface area contributed by atoms with Crippen LogP contribution >= 0.6 is 0 Å². The number of aryl methyl sites for hydroxylation is 1. The summed E-state index contributed by atoms with van der Waals surface area (Å²) in [5.41, 5.74) is 2.48. The molecule has 0 heterocycles. The predicted molar refractivity (Wildman–Crippen MR) is 148 cm³/mol. The molecule has 37 heavy (non-hydrogen) atoms. The second-order valence-electron chi connectivity index (χ2n) is 9.04. The minimum atomic E-state index is -0.240. The van der Waals surface area contributed by atoms with Gasteiger partial charge in [0.15, 0.2) is 17.3 Å². The smallest absolute Gasteiger partial charge is 0.192 e. The van der Waals surface area contributed by atoms with Gasteiger partial charge in [0.2, 0.25) is 0 Å². The van der Waals surface area contributed by atoms with Crippen LogP contribution in [0.5, 0.6) is 23.0 Å². The molecular weight excluding hydrogens is 464 g/mol. The molecule has 3 aromatic rings. The van der Waals surface area contributed by atoms with E-state index in [1.165, 1.54) is 30.9 Å². The highest BCUT2D eigenvalue weighted by molar-refractivity contribution is 6.08. The van der Waals surface area contributed by atoms with Crippen molar-refractivity contribution < 1.29 is 24.1 Å². The van der Waals surface area contributed by atoms with Crippen LogP contribution in [-0.4, -0.2) is 25.1 Å². The molecule has 3 rings (SSSR count). The van der Waals surface area contributed by atoms with Crippen LogP contribution in [0.3, 0.4) is 0 Å². The van der Waals surface area contributed by atoms with Gasteiger partial charge >= 0.3 is 0 Å². The van der Waals surface area contributed by atoms with Gasteiger partial charge in [-0.25, -0.2) is 0 Å². The van der Waals surface area contributed by atoms with Crippen molar-refractivity contribution in [1.29, 1.82) is 0 Å². The Morgan fingerprint density at radius 3 is 2.24 bits per heavy atom. The van der Waals surface area contributed by atoms with Crippen molar-refractivity contribution in [1.82, 2.24) is 0 Å². The molecule has 196 valence electrons. The zero-order chi connectivity index (χ0) is 26.3. The number of unbranched alkanes of at least 4 members (excludes halogenated alkanes) is 6. The normalized spacial score (nSPS) is 11.0. The number of methoxy groups -OCH3 is 2. The van der Waals surface area contributed by atoms with Crippen molar-refractivity contribution in [3.63, 3.8) is 0 Å². The molecule has 0 amide bonds. The third-order valence-electron chi connectivity index (χ3n) is 6.29. The van der Waals surface area contributed by atoms with E-state index in [1.807, 2.05) is 42.5 Å². The Hall–Kier alpha value is -3.73. The molecule has 0 atom stereocenters. The lowest BCUT2D eigenvalue weighted by Crippen LogP contribution is -2.03. The zero-order valence-electron chi connectivity index (χ0n) is 21.9. The Labute approximate surface area is 220 Å². The average Bonchev–Trinajstić information content (AvgIpc) is 2.93. The number of rotatable bonds is 16. The van der Waals surface area contributed by atoms with E-state index in [-0.39, 0.29) is 17.1 Å². The van der Waals surface area contributed by atoms with Gasteiger partial charge in [-0.15, -0.1) is 0 Å². The SMILES string of the molecule is COc1ccc(CCCCCCCCC=CC(=O)c2c(O)cccc2OCc2ccccc2)cc1OC. The molecular formula is C32H38O5. The third-order valence-corrected chi connectivity index (χ3v) is 6.29. The molecule has 0 aliphatic heterocycles. The van der Waals surface area contributed by atoms with E-state index in [0.29, 0.717) is 12.4 Å². The van der Waals surface area contributed by atoms with Gasteiger partial charge in [-0.3, -0.25) is 4.79 Å². The Kier molecular flexibility index (Phi) is 11.6. The van der Waals surface area contributed by atoms with Crippen LogP contribution < -0.4 is 14.2 Å². The van der Waals surface area contributed by atoms with Crippen LogP contribution in [0.1, 0.15) is 66.4 Å². The van der Waals surface area contributed by atoms with Gasteiger partial charge in [0.05, 0.1) is 14.2 Å².